The Hall–Kier alpha value is -1.75. The Bertz CT molecular complexity index is 525. The lowest BCUT2D eigenvalue weighted by atomic mass is 10.1. The number of hydrogen-bond acceptors (Lipinski definition) is 3. The third-order valence-corrected chi connectivity index (χ3v) is 3.62. The topological polar surface area (TPSA) is 66.6 Å². The molecule has 1 saturated heterocycles. The Morgan fingerprint density at radius 2 is 2.05 bits per heavy atom. The molecule has 0 aromatic heterocycles. The van der Waals surface area contributed by atoms with E-state index in [4.69, 9.17) is 17.3 Å². The zero-order valence-corrected chi connectivity index (χ0v) is 12.4. The van der Waals surface area contributed by atoms with E-state index in [-0.39, 0.29) is 11.8 Å². The molecule has 1 aliphatic heterocycles. The van der Waals surface area contributed by atoms with Crippen molar-refractivity contribution in [3.63, 3.8) is 0 Å². The molecule has 2 amide bonds. The molecule has 5 nitrogen and oxygen atoms in total. The van der Waals surface area contributed by atoms with Crippen molar-refractivity contribution < 1.29 is 9.59 Å². The van der Waals surface area contributed by atoms with E-state index < -0.39 is 6.04 Å². The van der Waals surface area contributed by atoms with Gasteiger partial charge in [0.15, 0.2) is 0 Å². The van der Waals surface area contributed by atoms with E-state index >= 15 is 0 Å². The van der Waals surface area contributed by atoms with Gasteiger partial charge in [-0.1, -0.05) is 11.6 Å². The number of hydrogen-bond donors (Lipinski definition) is 1. The smallest absolute Gasteiger partial charge is 0.254 e. The highest BCUT2D eigenvalue weighted by Crippen LogP contribution is 2.24. The van der Waals surface area contributed by atoms with Gasteiger partial charge in [-0.3, -0.25) is 9.59 Å². The van der Waals surface area contributed by atoms with Crippen LogP contribution in [0, 0.1) is 0 Å². The molecule has 0 saturated carbocycles. The summed E-state index contributed by atoms with van der Waals surface area (Å²) in [6.07, 6.45) is 1.52. The number of nitrogens with two attached hydrogens (primary N) is 1. The van der Waals surface area contributed by atoms with Crippen LogP contribution in [-0.4, -0.2) is 48.3 Å². The van der Waals surface area contributed by atoms with Gasteiger partial charge in [-0.25, -0.2) is 0 Å². The van der Waals surface area contributed by atoms with Crippen LogP contribution in [0.5, 0.6) is 0 Å². The summed E-state index contributed by atoms with van der Waals surface area (Å²) in [5, 5.41) is 0.419. The summed E-state index contributed by atoms with van der Waals surface area (Å²) in [5.41, 5.74) is 6.57. The zero-order valence-electron chi connectivity index (χ0n) is 11.6. The highest BCUT2D eigenvalue weighted by molar-refractivity contribution is 6.31. The van der Waals surface area contributed by atoms with Crippen molar-refractivity contribution in [1.29, 1.82) is 0 Å². The monoisotopic (exact) mass is 295 g/mol. The standard InChI is InChI=1S/C14H18ClN3O2/c1-17(2)14(20)12-4-3-5-18(12)13(19)9-6-10(15)8-11(16)7-9/h6-8,12H,3-5,16H2,1-2H3. The van der Waals surface area contributed by atoms with Crippen LogP contribution in [0.4, 0.5) is 5.69 Å². The van der Waals surface area contributed by atoms with E-state index in [2.05, 4.69) is 0 Å². The van der Waals surface area contributed by atoms with Gasteiger partial charge in [0.25, 0.3) is 5.91 Å². The average molecular weight is 296 g/mol. The molecule has 0 bridgehead atoms. The number of carbonyl (C=O) groups excluding carboxylic acids is 2. The highest BCUT2D eigenvalue weighted by Gasteiger charge is 2.35. The maximum atomic E-state index is 12.5. The molecule has 20 heavy (non-hydrogen) atoms. The Kier molecular flexibility index (Phi) is 4.18. The highest BCUT2D eigenvalue weighted by atomic mass is 35.5. The molecule has 0 aliphatic carbocycles. The average Bonchev–Trinajstić information content (AvgIpc) is 2.84. The number of nitrogen functional groups attached to an aromatic ring is 1. The van der Waals surface area contributed by atoms with Gasteiger partial charge in [0.2, 0.25) is 5.91 Å². The number of halogens is 1. The summed E-state index contributed by atoms with van der Waals surface area (Å²) < 4.78 is 0. The first-order chi connectivity index (χ1) is 9.40. The van der Waals surface area contributed by atoms with Crippen molar-refractivity contribution in [3.05, 3.63) is 28.8 Å². The lowest BCUT2D eigenvalue weighted by Crippen LogP contribution is -2.45. The van der Waals surface area contributed by atoms with Crippen LogP contribution in [0.25, 0.3) is 0 Å². The lowest BCUT2D eigenvalue weighted by molar-refractivity contribution is -0.132. The zero-order chi connectivity index (χ0) is 14.9. The lowest BCUT2D eigenvalue weighted by Gasteiger charge is -2.26. The van der Waals surface area contributed by atoms with Crippen LogP contribution in [0.2, 0.25) is 5.02 Å². The van der Waals surface area contributed by atoms with Gasteiger partial charge < -0.3 is 15.5 Å². The maximum absolute atomic E-state index is 12.5. The molecular weight excluding hydrogens is 278 g/mol. The molecule has 6 heteroatoms. The summed E-state index contributed by atoms with van der Waals surface area (Å²) in [4.78, 5) is 27.8. The molecule has 1 aromatic carbocycles. The van der Waals surface area contributed by atoms with E-state index in [0.29, 0.717) is 29.2 Å². The van der Waals surface area contributed by atoms with E-state index in [1.165, 1.54) is 4.90 Å². The summed E-state index contributed by atoms with van der Waals surface area (Å²) in [6, 6.07) is 4.36. The Balaban J connectivity index is 2.25. The first-order valence-corrected chi connectivity index (χ1v) is 6.86. The first kappa shape index (κ1) is 14.7. The number of likely N-dealkylation sites (tertiary alicyclic amines) is 1. The minimum atomic E-state index is -0.391. The molecule has 1 aliphatic rings. The molecule has 1 fully saturated rings. The van der Waals surface area contributed by atoms with Gasteiger partial charge >= 0.3 is 0 Å². The van der Waals surface area contributed by atoms with Crippen LogP contribution in [0.3, 0.4) is 0 Å². The van der Waals surface area contributed by atoms with Crippen molar-refractivity contribution in [1.82, 2.24) is 9.80 Å². The van der Waals surface area contributed by atoms with Gasteiger partial charge in [0.1, 0.15) is 6.04 Å². The predicted molar refractivity (Wildman–Crippen MR) is 78.6 cm³/mol. The summed E-state index contributed by atoms with van der Waals surface area (Å²) in [7, 11) is 3.39. The molecule has 2 N–H and O–H groups in total. The molecular formula is C14H18ClN3O2. The van der Waals surface area contributed by atoms with Gasteiger partial charge in [-0.15, -0.1) is 0 Å². The van der Waals surface area contributed by atoms with Gasteiger partial charge in [-0.05, 0) is 31.0 Å². The molecule has 2 rings (SSSR count). The molecule has 108 valence electrons. The molecule has 1 atom stereocenters. The third kappa shape index (κ3) is 2.88. The number of carbonyl (C=O) groups is 2. The molecule has 1 aromatic rings. The quantitative estimate of drug-likeness (QED) is 0.843. The first-order valence-electron chi connectivity index (χ1n) is 6.48. The van der Waals surface area contributed by atoms with E-state index in [0.717, 1.165) is 6.42 Å². The molecule has 1 heterocycles. The predicted octanol–water partition coefficient (Wildman–Crippen LogP) is 1.61. The number of anilines is 1. The fraction of sp³-hybridized carbons (Fsp3) is 0.429. The normalized spacial score (nSPS) is 18.1. The van der Waals surface area contributed by atoms with Crippen LogP contribution < -0.4 is 5.73 Å². The van der Waals surface area contributed by atoms with E-state index in [1.807, 2.05) is 0 Å². The summed E-state index contributed by atoms with van der Waals surface area (Å²) in [5.74, 6) is -0.247. The van der Waals surface area contributed by atoms with Crippen molar-refractivity contribution >= 4 is 29.1 Å². The van der Waals surface area contributed by atoms with Crippen LogP contribution in [0.15, 0.2) is 18.2 Å². The van der Waals surface area contributed by atoms with Gasteiger partial charge in [0.05, 0.1) is 0 Å². The second-order valence-electron chi connectivity index (χ2n) is 5.16. The van der Waals surface area contributed by atoms with Gasteiger partial charge in [-0.2, -0.15) is 0 Å². The fourth-order valence-corrected chi connectivity index (χ4v) is 2.71. The third-order valence-electron chi connectivity index (χ3n) is 3.41. The minimum absolute atomic E-state index is 0.0501. The molecule has 0 radical (unpaired) electrons. The summed E-state index contributed by atoms with van der Waals surface area (Å²) in [6.45, 7) is 0.579. The van der Waals surface area contributed by atoms with Crippen LogP contribution in [-0.2, 0) is 4.79 Å². The van der Waals surface area contributed by atoms with E-state index in [9.17, 15) is 9.59 Å². The Morgan fingerprint density at radius 3 is 2.65 bits per heavy atom. The Labute approximate surface area is 123 Å². The largest absolute Gasteiger partial charge is 0.399 e. The van der Waals surface area contributed by atoms with Crippen molar-refractivity contribution in [2.45, 2.75) is 18.9 Å². The van der Waals surface area contributed by atoms with Crippen molar-refractivity contribution in [2.75, 3.05) is 26.4 Å². The Morgan fingerprint density at radius 1 is 1.35 bits per heavy atom. The van der Waals surface area contributed by atoms with Crippen molar-refractivity contribution in [2.24, 2.45) is 0 Å². The summed E-state index contributed by atoms with van der Waals surface area (Å²) >= 11 is 5.92. The second-order valence-corrected chi connectivity index (χ2v) is 5.60. The van der Waals surface area contributed by atoms with E-state index in [1.54, 1.807) is 37.2 Å². The molecule has 1 unspecified atom stereocenters. The van der Waals surface area contributed by atoms with Crippen LogP contribution >= 0.6 is 11.6 Å². The molecule has 0 spiro atoms. The number of likely N-dealkylation sites (N-methyl/N-ethyl adjacent to an activating group) is 1. The fourth-order valence-electron chi connectivity index (χ4n) is 2.47. The number of rotatable bonds is 2. The number of amides is 2. The van der Waals surface area contributed by atoms with Crippen LogP contribution in [0.1, 0.15) is 23.2 Å². The minimum Gasteiger partial charge on any atom is -0.399 e. The van der Waals surface area contributed by atoms with Gasteiger partial charge in [0, 0.05) is 36.9 Å². The SMILES string of the molecule is CN(C)C(=O)C1CCCN1C(=O)c1cc(N)cc(Cl)c1. The second kappa shape index (κ2) is 5.71. The number of nitrogens with zero attached hydrogens (tertiary/aromatic N) is 2. The van der Waals surface area contributed by atoms with Crippen molar-refractivity contribution in [3.8, 4) is 0 Å². The maximum Gasteiger partial charge on any atom is 0.254 e. The number of benzene rings is 1.